The van der Waals surface area contributed by atoms with Crippen LogP contribution in [0.5, 0.6) is 5.75 Å². The van der Waals surface area contributed by atoms with E-state index in [1.54, 1.807) is 18.2 Å². The Hall–Kier alpha value is -1.81. The van der Waals surface area contributed by atoms with Gasteiger partial charge in [0.05, 0.1) is 25.9 Å². The fourth-order valence-corrected chi connectivity index (χ4v) is 1.28. The zero-order valence-electron chi connectivity index (χ0n) is 9.10. The fraction of sp³-hybridized carbons (Fsp3) is 0.250. The lowest BCUT2D eigenvalue weighted by atomic mass is 10.1. The normalized spacial score (nSPS) is 9.81. The molecule has 1 aromatic carbocycles. The minimum Gasteiger partial charge on any atom is -0.496 e. The third kappa shape index (κ3) is 3.10. The summed E-state index contributed by atoms with van der Waals surface area (Å²) in [5.41, 5.74) is 0.933. The molecule has 0 saturated heterocycles. The first-order chi connectivity index (χ1) is 7.69. The van der Waals surface area contributed by atoms with Crippen molar-refractivity contribution in [1.29, 1.82) is 0 Å². The minimum atomic E-state index is -0.965. The van der Waals surface area contributed by atoms with Gasteiger partial charge in [-0.15, -0.1) is 6.58 Å². The number of hydrogen-bond donors (Lipinski definition) is 1. The molecule has 1 aromatic rings. The Kier molecular flexibility index (Phi) is 4.54. The summed E-state index contributed by atoms with van der Waals surface area (Å²) in [6, 6.07) is 4.67. The molecule has 0 heterocycles. The van der Waals surface area contributed by atoms with Crippen molar-refractivity contribution >= 4 is 5.97 Å². The second-order valence-corrected chi connectivity index (χ2v) is 3.14. The summed E-state index contributed by atoms with van der Waals surface area (Å²) < 4.78 is 10.4. The maximum absolute atomic E-state index is 10.8. The van der Waals surface area contributed by atoms with E-state index >= 15 is 0 Å². The molecule has 0 amide bonds. The summed E-state index contributed by atoms with van der Waals surface area (Å²) in [5.74, 6) is -0.346. The van der Waals surface area contributed by atoms with Crippen LogP contribution in [0, 0.1) is 0 Å². The fourth-order valence-electron chi connectivity index (χ4n) is 1.28. The molecular formula is C12H14O4. The van der Waals surface area contributed by atoms with Gasteiger partial charge in [0, 0.05) is 5.56 Å². The summed E-state index contributed by atoms with van der Waals surface area (Å²) >= 11 is 0. The van der Waals surface area contributed by atoms with Gasteiger partial charge in [0.25, 0.3) is 0 Å². The standard InChI is InChI=1S/C12H14O4/c1-3-6-16-8-10-7-9(12(13)14)4-5-11(10)15-2/h3-5,7H,1,6,8H2,2H3,(H,13,14). The molecule has 0 aliphatic heterocycles. The maximum atomic E-state index is 10.8. The van der Waals surface area contributed by atoms with Crippen LogP contribution in [0.2, 0.25) is 0 Å². The summed E-state index contributed by atoms with van der Waals surface area (Å²) in [4.78, 5) is 10.8. The maximum Gasteiger partial charge on any atom is 0.335 e. The molecular weight excluding hydrogens is 208 g/mol. The molecule has 0 aromatic heterocycles. The van der Waals surface area contributed by atoms with E-state index in [4.69, 9.17) is 14.6 Å². The second kappa shape index (κ2) is 5.92. The highest BCUT2D eigenvalue weighted by Gasteiger charge is 2.08. The molecule has 16 heavy (non-hydrogen) atoms. The van der Waals surface area contributed by atoms with Crippen molar-refractivity contribution in [1.82, 2.24) is 0 Å². The smallest absolute Gasteiger partial charge is 0.335 e. The second-order valence-electron chi connectivity index (χ2n) is 3.14. The van der Waals surface area contributed by atoms with E-state index in [1.807, 2.05) is 0 Å². The van der Waals surface area contributed by atoms with Crippen molar-refractivity contribution in [2.24, 2.45) is 0 Å². The van der Waals surface area contributed by atoms with Crippen molar-refractivity contribution in [2.75, 3.05) is 13.7 Å². The molecule has 4 nitrogen and oxygen atoms in total. The van der Waals surface area contributed by atoms with Crippen LogP contribution in [0.15, 0.2) is 30.9 Å². The molecule has 0 radical (unpaired) electrons. The summed E-state index contributed by atoms with van der Waals surface area (Å²) in [7, 11) is 1.53. The lowest BCUT2D eigenvalue weighted by Gasteiger charge is -2.09. The highest BCUT2D eigenvalue weighted by atomic mass is 16.5. The summed E-state index contributed by atoms with van der Waals surface area (Å²) in [6.07, 6.45) is 1.63. The molecule has 0 bridgehead atoms. The van der Waals surface area contributed by atoms with Gasteiger partial charge >= 0.3 is 5.97 Å². The van der Waals surface area contributed by atoms with E-state index < -0.39 is 5.97 Å². The quantitative estimate of drug-likeness (QED) is 0.591. The number of rotatable bonds is 6. The first-order valence-electron chi connectivity index (χ1n) is 4.78. The predicted molar refractivity (Wildman–Crippen MR) is 59.8 cm³/mol. The predicted octanol–water partition coefficient (Wildman–Crippen LogP) is 2.10. The van der Waals surface area contributed by atoms with Crippen molar-refractivity contribution in [2.45, 2.75) is 6.61 Å². The van der Waals surface area contributed by atoms with Crippen LogP contribution in [-0.2, 0) is 11.3 Å². The largest absolute Gasteiger partial charge is 0.496 e. The van der Waals surface area contributed by atoms with Gasteiger partial charge in [-0.2, -0.15) is 0 Å². The Morgan fingerprint density at radius 1 is 1.56 bits per heavy atom. The van der Waals surface area contributed by atoms with E-state index in [-0.39, 0.29) is 5.56 Å². The zero-order chi connectivity index (χ0) is 12.0. The van der Waals surface area contributed by atoms with Crippen molar-refractivity contribution in [3.05, 3.63) is 42.0 Å². The van der Waals surface area contributed by atoms with Gasteiger partial charge < -0.3 is 14.6 Å². The Labute approximate surface area is 94.1 Å². The Balaban J connectivity index is 2.88. The van der Waals surface area contributed by atoms with E-state index in [0.717, 1.165) is 0 Å². The number of aromatic carboxylic acids is 1. The van der Waals surface area contributed by atoms with E-state index in [9.17, 15) is 4.79 Å². The number of carboxylic acids is 1. The highest BCUT2D eigenvalue weighted by Crippen LogP contribution is 2.20. The number of carboxylic acid groups (broad SMARTS) is 1. The average Bonchev–Trinajstić information content (AvgIpc) is 2.29. The van der Waals surface area contributed by atoms with Gasteiger partial charge in [-0.1, -0.05) is 6.08 Å². The molecule has 86 valence electrons. The van der Waals surface area contributed by atoms with Crippen LogP contribution >= 0.6 is 0 Å². The summed E-state index contributed by atoms with van der Waals surface area (Å²) in [6.45, 7) is 4.25. The van der Waals surface area contributed by atoms with E-state index in [2.05, 4.69) is 6.58 Å². The highest BCUT2D eigenvalue weighted by molar-refractivity contribution is 5.88. The monoisotopic (exact) mass is 222 g/mol. The molecule has 4 heteroatoms. The van der Waals surface area contributed by atoms with Crippen molar-refractivity contribution < 1.29 is 19.4 Å². The number of benzene rings is 1. The van der Waals surface area contributed by atoms with Crippen LogP contribution in [0.25, 0.3) is 0 Å². The number of carbonyl (C=O) groups is 1. The van der Waals surface area contributed by atoms with Gasteiger partial charge in [-0.3, -0.25) is 0 Å². The Bertz CT molecular complexity index is 385. The number of ether oxygens (including phenoxy) is 2. The lowest BCUT2D eigenvalue weighted by Crippen LogP contribution is -2.01. The zero-order valence-corrected chi connectivity index (χ0v) is 9.10. The minimum absolute atomic E-state index is 0.220. The molecule has 0 atom stereocenters. The van der Waals surface area contributed by atoms with Gasteiger partial charge in [-0.25, -0.2) is 4.79 Å². The molecule has 1 N–H and O–H groups in total. The van der Waals surface area contributed by atoms with Crippen LogP contribution in [0.3, 0.4) is 0 Å². The molecule has 0 unspecified atom stereocenters. The molecule has 0 fully saturated rings. The van der Waals surface area contributed by atoms with Crippen molar-refractivity contribution in [3.8, 4) is 5.75 Å². The molecule has 1 rings (SSSR count). The number of hydrogen-bond acceptors (Lipinski definition) is 3. The van der Waals surface area contributed by atoms with E-state index in [0.29, 0.717) is 24.5 Å². The van der Waals surface area contributed by atoms with Crippen LogP contribution in [0.4, 0.5) is 0 Å². The molecule has 0 aliphatic rings. The first kappa shape index (κ1) is 12.3. The van der Waals surface area contributed by atoms with Crippen LogP contribution < -0.4 is 4.74 Å². The summed E-state index contributed by atoms with van der Waals surface area (Å²) in [5, 5.41) is 8.85. The van der Waals surface area contributed by atoms with Crippen LogP contribution in [0.1, 0.15) is 15.9 Å². The van der Waals surface area contributed by atoms with Gasteiger partial charge in [0.15, 0.2) is 0 Å². The lowest BCUT2D eigenvalue weighted by molar-refractivity contribution is 0.0696. The van der Waals surface area contributed by atoms with Gasteiger partial charge in [0.1, 0.15) is 5.75 Å². The Morgan fingerprint density at radius 2 is 2.31 bits per heavy atom. The first-order valence-corrected chi connectivity index (χ1v) is 4.78. The molecule has 0 spiro atoms. The number of methoxy groups -OCH3 is 1. The third-order valence-electron chi connectivity index (χ3n) is 2.02. The van der Waals surface area contributed by atoms with Gasteiger partial charge in [0.2, 0.25) is 0 Å². The molecule has 0 saturated carbocycles. The SMILES string of the molecule is C=CCOCc1cc(C(=O)O)ccc1OC. The molecule has 0 aliphatic carbocycles. The Morgan fingerprint density at radius 3 is 2.88 bits per heavy atom. The van der Waals surface area contributed by atoms with Crippen molar-refractivity contribution in [3.63, 3.8) is 0 Å². The average molecular weight is 222 g/mol. The topological polar surface area (TPSA) is 55.8 Å². The van der Waals surface area contributed by atoms with E-state index in [1.165, 1.54) is 13.2 Å². The van der Waals surface area contributed by atoms with Gasteiger partial charge in [-0.05, 0) is 18.2 Å². The van der Waals surface area contributed by atoms with Crippen LogP contribution in [-0.4, -0.2) is 24.8 Å². The third-order valence-corrected chi connectivity index (χ3v) is 2.02.